The van der Waals surface area contributed by atoms with E-state index in [0.29, 0.717) is 6.42 Å². The summed E-state index contributed by atoms with van der Waals surface area (Å²) < 4.78 is 5.52. The predicted molar refractivity (Wildman–Crippen MR) is 124 cm³/mol. The first-order chi connectivity index (χ1) is 15.9. The van der Waals surface area contributed by atoms with Gasteiger partial charge in [0, 0.05) is 24.4 Å². The first kappa shape index (κ1) is 22.8. The van der Waals surface area contributed by atoms with Gasteiger partial charge in [0.1, 0.15) is 12.6 Å². The Morgan fingerprint density at radius 2 is 1.61 bits per heavy atom. The van der Waals surface area contributed by atoms with Gasteiger partial charge in [-0.1, -0.05) is 55.5 Å². The average Bonchev–Trinajstić information content (AvgIpc) is 3.59. The fraction of sp³-hybridized carbons (Fsp3) is 0.423. The molecule has 2 atom stereocenters. The Labute approximate surface area is 193 Å². The number of nitrogens with zero attached hydrogens (tertiary/aromatic N) is 1. The van der Waals surface area contributed by atoms with Crippen LogP contribution in [0, 0.1) is 5.92 Å². The van der Waals surface area contributed by atoms with Crippen molar-refractivity contribution in [1.29, 1.82) is 0 Å². The molecule has 2 amide bonds. The maximum absolute atomic E-state index is 12.8. The molecule has 2 aromatic carbocycles. The molecule has 0 radical (unpaired) electrons. The highest BCUT2D eigenvalue weighted by Crippen LogP contribution is 2.44. The topological polar surface area (TPSA) is 95.9 Å². The Hall–Kier alpha value is -3.35. The van der Waals surface area contributed by atoms with E-state index in [0.717, 1.165) is 24.0 Å². The van der Waals surface area contributed by atoms with E-state index in [1.54, 1.807) is 13.8 Å². The fourth-order valence-electron chi connectivity index (χ4n) is 4.58. The number of carbonyl (C=O) groups excluding carboxylic acids is 2. The van der Waals surface area contributed by atoms with Gasteiger partial charge in [-0.25, -0.2) is 9.59 Å². The zero-order chi connectivity index (χ0) is 23.5. The largest absolute Gasteiger partial charge is 0.480 e. The maximum Gasteiger partial charge on any atom is 0.407 e. The summed E-state index contributed by atoms with van der Waals surface area (Å²) in [6, 6.07) is 15.5. The van der Waals surface area contributed by atoms with Crippen LogP contribution in [0.3, 0.4) is 0 Å². The second-order valence-corrected chi connectivity index (χ2v) is 8.93. The van der Waals surface area contributed by atoms with Crippen LogP contribution in [-0.2, 0) is 14.3 Å². The maximum atomic E-state index is 12.8. The van der Waals surface area contributed by atoms with Crippen molar-refractivity contribution in [2.24, 2.45) is 5.92 Å². The molecule has 4 rings (SSSR count). The SMILES string of the molecule is CC(CCNC(=O)OCC1c2ccccc2-c2ccccc21)C(=O)N(C1CC1)C(C)C(=O)O. The standard InChI is InChI=1S/C26H30N2O5/c1-16(24(29)28(18-11-12-18)17(2)25(30)31)13-14-27-26(32)33-15-23-21-9-5-3-7-19(21)20-8-4-6-10-22(20)23/h3-10,16-18,23H,11-15H2,1-2H3,(H,27,32)(H,30,31). The van der Waals surface area contributed by atoms with Crippen molar-refractivity contribution in [3.05, 3.63) is 59.7 Å². The van der Waals surface area contributed by atoms with Gasteiger partial charge in [-0.2, -0.15) is 0 Å². The monoisotopic (exact) mass is 450 g/mol. The molecule has 33 heavy (non-hydrogen) atoms. The summed E-state index contributed by atoms with van der Waals surface area (Å²) in [5.41, 5.74) is 4.65. The third-order valence-corrected chi connectivity index (χ3v) is 6.58. The number of carboxylic acid groups (broad SMARTS) is 1. The summed E-state index contributed by atoms with van der Waals surface area (Å²) in [6.45, 7) is 3.83. The molecule has 0 heterocycles. The van der Waals surface area contributed by atoms with Gasteiger partial charge in [-0.3, -0.25) is 4.79 Å². The number of ether oxygens (including phenoxy) is 1. The summed E-state index contributed by atoms with van der Waals surface area (Å²) >= 11 is 0. The average molecular weight is 451 g/mol. The number of carbonyl (C=O) groups is 3. The Morgan fingerprint density at radius 1 is 1.03 bits per heavy atom. The molecule has 2 aromatic rings. The summed E-state index contributed by atoms with van der Waals surface area (Å²) in [6.07, 6.45) is 1.58. The number of amides is 2. The number of aliphatic carboxylic acids is 1. The lowest BCUT2D eigenvalue weighted by atomic mass is 9.98. The summed E-state index contributed by atoms with van der Waals surface area (Å²) in [5.74, 6) is -1.57. The van der Waals surface area contributed by atoms with Gasteiger partial charge in [0.2, 0.25) is 5.91 Å². The zero-order valence-corrected chi connectivity index (χ0v) is 19.0. The van der Waals surface area contributed by atoms with Gasteiger partial charge in [0.15, 0.2) is 0 Å². The molecular weight excluding hydrogens is 420 g/mol. The van der Waals surface area contributed by atoms with Crippen molar-refractivity contribution in [3.63, 3.8) is 0 Å². The molecule has 7 nitrogen and oxygen atoms in total. The highest BCUT2D eigenvalue weighted by atomic mass is 16.5. The van der Waals surface area contributed by atoms with Crippen LogP contribution in [0.1, 0.15) is 50.2 Å². The van der Waals surface area contributed by atoms with Crippen LogP contribution in [-0.4, -0.2) is 53.2 Å². The molecule has 1 saturated carbocycles. The minimum Gasteiger partial charge on any atom is -0.480 e. The van der Waals surface area contributed by atoms with Crippen molar-refractivity contribution in [3.8, 4) is 11.1 Å². The molecule has 1 fully saturated rings. The van der Waals surface area contributed by atoms with Crippen molar-refractivity contribution in [2.45, 2.75) is 51.1 Å². The van der Waals surface area contributed by atoms with Crippen LogP contribution in [0.2, 0.25) is 0 Å². The molecule has 0 aromatic heterocycles. The molecule has 0 bridgehead atoms. The number of nitrogens with one attached hydrogen (secondary N) is 1. The van der Waals surface area contributed by atoms with Gasteiger partial charge in [0.05, 0.1) is 0 Å². The summed E-state index contributed by atoms with van der Waals surface area (Å²) in [7, 11) is 0. The van der Waals surface area contributed by atoms with Crippen LogP contribution in [0.15, 0.2) is 48.5 Å². The van der Waals surface area contributed by atoms with Crippen LogP contribution in [0.4, 0.5) is 4.79 Å². The van der Waals surface area contributed by atoms with E-state index >= 15 is 0 Å². The fourth-order valence-corrected chi connectivity index (χ4v) is 4.58. The minimum atomic E-state index is -1.00. The first-order valence-electron chi connectivity index (χ1n) is 11.5. The molecular formula is C26H30N2O5. The van der Waals surface area contributed by atoms with Crippen LogP contribution >= 0.6 is 0 Å². The molecule has 2 aliphatic rings. The Bertz CT molecular complexity index is 1000. The van der Waals surface area contributed by atoms with Gasteiger partial charge < -0.3 is 20.1 Å². The quantitative estimate of drug-likeness (QED) is 0.602. The van der Waals surface area contributed by atoms with Gasteiger partial charge in [-0.15, -0.1) is 0 Å². The molecule has 2 N–H and O–H groups in total. The van der Waals surface area contributed by atoms with Crippen molar-refractivity contribution < 1.29 is 24.2 Å². The van der Waals surface area contributed by atoms with Crippen molar-refractivity contribution >= 4 is 18.0 Å². The number of hydrogen-bond donors (Lipinski definition) is 2. The molecule has 0 aliphatic heterocycles. The third kappa shape index (κ3) is 4.87. The van der Waals surface area contributed by atoms with E-state index in [1.165, 1.54) is 16.0 Å². The van der Waals surface area contributed by atoms with E-state index < -0.39 is 18.1 Å². The molecule has 174 valence electrons. The normalized spacial score (nSPS) is 16.3. The molecule has 2 aliphatic carbocycles. The lowest BCUT2D eigenvalue weighted by molar-refractivity contribution is -0.151. The molecule has 0 saturated heterocycles. The lowest BCUT2D eigenvalue weighted by Gasteiger charge is -2.29. The van der Waals surface area contributed by atoms with E-state index in [4.69, 9.17) is 4.74 Å². The van der Waals surface area contributed by atoms with Gasteiger partial charge in [-0.05, 0) is 48.4 Å². The highest BCUT2D eigenvalue weighted by molar-refractivity contribution is 5.85. The predicted octanol–water partition coefficient (Wildman–Crippen LogP) is 4.02. The smallest absolute Gasteiger partial charge is 0.407 e. The Kier molecular flexibility index (Phi) is 6.67. The number of fused-ring (bicyclic) bond motifs is 3. The van der Waals surface area contributed by atoms with Crippen molar-refractivity contribution in [2.75, 3.05) is 13.2 Å². The number of hydrogen-bond acceptors (Lipinski definition) is 4. The first-order valence-corrected chi connectivity index (χ1v) is 11.5. The van der Waals surface area contributed by atoms with Crippen LogP contribution < -0.4 is 5.32 Å². The van der Waals surface area contributed by atoms with Crippen molar-refractivity contribution in [1.82, 2.24) is 10.2 Å². The van der Waals surface area contributed by atoms with E-state index in [9.17, 15) is 19.5 Å². The molecule has 7 heteroatoms. The van der Waals surface area contributed by atoms with E-state index in [1.807, 2.05) is 24.3 Å². The highest BCUT2D eigenvalue weighted by Gasteiger charge is 2.39. The molecule has 0 spiro atoms. The summed E-state index contributed by atoms with van der Waals surface area (Å²) in [5, 5.41) is 12.0. The number of rotatable bonds is 9. The van der Waals surface area contributed by atoms with Crippen LogP contribution in [0.5, 0.6) is 0 Å². The number of alkyl carbamates (subject to hydrolysis) is 1. The van der Waals surface area contributed by atoms with E-state index in [2.05, 4.69) is 29.6 Å². The number of carboxylic acids is 1. The lowest BCUT2D eigenvalue weighted by Crippen LogP contribution is -2.47. The second-order valence-electron chi connectivity index (χ2n) is 8.93. The van der Waals surface area contributed by atoms with Crippen LogP contribution in [0.25, 0.3) is 11.1 Å². The Balaban J connectivity index is 1.27. The second kappa shape index (κ2) is 9.65. The Morgan fingerprint density at radius 3 is 2.15 bits per heavy atom. The third-order valence-electron chi connectivity index (χ3n) is 6.58. The van der Waals surface area contributed by atoms with Gasteiger partial charge in [0.25, 0.3) is 0 Å². The van der Waals surface area contributed by atoms with E-state index in [-0.39, 0.29) is 36.9 Å². The molecule has 2 unspecified atom stereocenters. The summed E-state index contributed by atoms with van der Waals surface area (Å²) in [4.78, 5) is 38.0. The number of benzene rings is 2. The minimum absolute atomic E-state index is 0.00624. The van der Waals surface area contributed by atoms with Gasteiger partial charge >= 0.3 is 12.1 Å². The zero-order valence-electron chi connectivity index (χ0n) is 19.0.